The molecule has 33 heavy (non-hydrogen) atoms. The highest BCUT2D eigenvalue weighted by Crippen LogP contribution is 2.31. The zero-order chi connectivity index (χ0) is 23.7. The summed E-state index contributed by atoms with van der Waals surface area (Å²) in [5.74, 6) is -1.08. The summed E-state index contributed by atoms with van der Waals surface area (Å²) in [6, 6.07) is 11.5. The van der Waals surface area contributed by atoms with Gasteiger partial charge in [0.05, 0.1) is 29.0 Å². The number of fused-ring (bicyclic) bond motifs is 1. The quantitative estimate of drug-likeness (QED) is 0.436. The summed E-state index contributed by atoms with van der Waals surface area (Å²) in [5, 5.41) is 0. The molecule has 2 heterocycles. The third kappa shape index (κ3) is 4.40. The number of nitrogens with zero attached hydrogens (tertiary/aromatic N) is 2. The van der Waals surface area contributed by atoms with E-state index in [1.165, 1.54) is 42.1 Å². The molecule has 2 aromatic carbocycles. The van der Waals surface area contributed by atoms with Gasteiger partial charge in [-0.05, 0) is 48.4 Å². The lowest BCUT2D eigenvalue weighted by Gasteiger charge is -2.24. The van der Waals surface area contributed by atoms with Crippen LogP contribution in [0.5, 0.6) is 5.75 Å². The summed E-state index contributed by atoms with van der Waals surface area (Å²) in [4.78, 5) is 42.2. The van der Waals surface area contributed by atoms with E-state index in [9.17, 15) is 18.8 Å². The largest absolute Gasteiger partial charge is 0.466 e. The van der Waals surface area contributed by atoms with Crippen molar-refractivity contribution in [1.82, 2.24) is 4.57 Å². The molecule has 0 saturated carbocycles. The predicted octanol–water partition coefficient (Wildman–Crippen LogP) is 2.47. The Kier molecular flexibility index (Phi) is 6.06. The van der Waals surface area contributed by atoms with Crippen LogP contribution in [0.2, 0.25) is 0 Å². The molecule has 0 N–H and O–H groups in total. The van der Waals surface area contributed by atoms with Crippen LogP contribution in [0.3, 0.4) is 0 Å². The fourth-order valence-corrected chi connectivity index (χ4v) is 4.65. The first-order valence-corrected chi connectivity index (χ1v) is 10.7. The number of halogens is 1. The molecule has 0 radical (unpaired) electrons. The number of methoxy groups -OCH3 is 1. The minimum atomic E-state index is -0.782. The Morgan fingerprint density at radius 3 is 2.39 bits per heavy atom. The van der Waals surface area contributed by atoms with Gasteiger partial charge in [-0.1, -0.05) is 35.6 Å². The fourth-order valence-electron chi connectivity index (χ4n) is 3.60. The van der Waals surface area contributed by atoms with E-state index in [1.807, 2.05) is 0 Å². The van der Waals surface area contributed by atoms with Crippen LogP contribution in [0.4, 0.5) is 4.39 Å². The van der Waals surface area contributed by atoms with Crippen LogP contribution in [0.15, 0.2) is 69.6 Å². The molecule has 1 aliphatic heterocycles. The minimum absolute atomic E-state index is 0.235. The van der Waals surface area contributed by atoms with Crippen molar-refractivity contribution in [2.75, 3.05) is 7.11 Å². The van der Waals surface area contributed by atoms with E-state index in [2.05, 4.69) is 4.99 Å². The van der Waals surface area contributed by atoms with Gasteiger partial charge in [0.25, 0.3) is 5.56 Å². The first-order valence-electron chi connectivity index (χ1n) is 9.93. The first kappa shape index (κ1) is 22.3. The van der Waals surface area contributed by atoms with Crippen LogP contribution in [-0.2, 0) is 14.3 Å². The van der Waals surface area contributed by atoms with E-state index in [1.54, 1.807) is 49.4 Å². The number of benzene rings is 2. The van der Waals surface area contributed by atoms with Gasteiger partial charge in [0, 0.05) is 6.92 Å². The molecular weight excluding hydrogens is 447 g/mol. The van der Waals surface area contributed by atoms with Crippen molar-refractivity contribution in [3.8, 4) is 5.75 Å². The smallest absolute Gasteiger partial charge is 0.338 e. The van der Waals surface area contributed by atoms with Crippen LogP contribution in [-0.4, -0.2) is 23.6 Å². The normalized spacial score (nSPS) is 15.6. The van der Waals surface area contributed by atoms with E-state index >= 15 is 0 Å². The number of thiazole rings is 1. The van der Waals surface area contributed by atoms with Crippen molar-refractivity contribution in [3.63, 3.8) is 0 Å². The summed E-state index contributed by atoms with van der Waals surface area (Å²) < 4.78 is 25.1. The maximum absolute atomic E-state index is 13.4. The highest BCUT2D eigenvalue weighted by atomic mass is 32.1. The molecule has 3 aromatic rings. The number of hydrogen-bond donors (Lipinski definition) is 0. The second kappa shape index (κ2) is 8.95. The molecule has 0 amide bonds. The van der Waals surface area contributed by atoms with Crippen molar-refractivity contribution in [3.05, 3.63) is 96.4 Å². The Morgan fingerprint density at radius 1 is 1.12 bits per heavy atom. The van der Waals surface area contributed by atoms with Crippen LogP contribution >= 0.6 is 11.3 Å². The summed E-state index contributed by atoms with van der Waals surface area (Å²) in [6.45, 7) is 2.98. The van der Waals surface area contributed by atoms with Gasteiger partial charge in [0.15, 0.2) is 4.80 Å². The fraction of sp³-hybridized carbons (Fsp3) is 0.167. The summed E-state index contributed by atoms with van der Waals surface area (Å²) in [6.07, 6.45) is 1.65. The van der Waals surface area contributed by atoms with Gasteiger partial charge in [0.1, 0.15) is 11.6 Å². The van der Waals surface area contributed by atoms with Crippen molar-refractivity contribution in [2.24, 2.45) is 4.99 Å². The molecular formula is C24H19FN2O5S. The van der Waals surface area contributed by atoms with Gasteiger partial charge in [-0.3, -0.25) is 14.2 Å². The van der Waals surface area contributed by atoms with Gasteiger partial charge in [-0.25, -0.2) is 14.2 Å². The second-order valence-corrected chi connectivity index (χ2v) is 8.30. The SMILES string of the molecule is COC(=O)C1=C(C)N=c2s/c(=C/c3ccc(F)cc3)c(=O)n2C1c1ccc(OC(C)=O)cc1. The average molecular weight is 466 g/mol. The number of esters is 2. The molecule has 0 aliphatic carbocycles. The molecule has 7 nitrogen and oxygen atoms in total. The molecule has 1 atom stereocenters. The molecule has 4 rings (SSSR count). The molecule has 1 aromatic heterocycles. The highest BCUT2D eigenvalue weighted by Gasteiger charge is 2.33. The number of ether oxygens (including phenoxy) is 2. The number of rotatable bonds is 4. The second-order valence-electron chi connectivity index (χ2n) is 7.29. The lowest BCUT2D eigenvalue weighted by molar-refractivity contribution is -0.136. The number of hydrogen-bond acceptors (Lipinski definition) is 7. The van der Waals surface area contributed by atoms with Gasteiger partial charge in [-0.2, -0.15) is 0 Å². The maximum Gasteiger partial charge on any atom is 0.338 e. The summed E-state index contributed by atoms with van der Waals surface area (Å²) >= 11 is 1.17. The van der Waals surface area contributed by atoms with Crippen LogP contribution < -0.4 is 19.6 Å². The van der Waals surface area contributed by atoms with Crippen molar-refractivity contribution in [1.29, 1.82) is 0 Å². The molecule has 1 unspecified atom stereocenters. The molecule has 9 heteroatoms. The van der Waals surface area contributed by atoms with Crippen molar-refractivity contribution in [2.45, 2.75) is 19.9 Å². The van der Waals surface area contributed by atoms with Crippen LogP contribution in [0.25, 0.3) is 6.08 Å². The topological polar surface area (TPSA) is 87.0 Å². The predicted molar refractivity (Wildman–Crippen MR) is 120 cm³/mol. The van der Waals surface area contributed by atoms with Crippen molar-refractivity contribution < 1.29 is 23.5 Å². The number of allylic oxidation sites excluding steroid dienone is 1. The van der Waals surface area contributed by atoms with Gasteiger partial charge in [0.2, 0.25) is 0 Å². The summed E-state index contributed by atoms with van der Waals surface area (Å²) in [5.41, 5.74) is 1.61. The molecule has 0 bridgehead atoms. The zero-order valence-corrected chi connectivity index (χ0v) is 18.8. The molecule has 168 valence electrons. The third-order valence-corrected chi connectivity index (χ3v) is 6.04. The Morgan fingerprint density at radius 2 is 1.79 bits per heavy atom. The standard InChI is InChI=1S/C24H19FN2O5S/c1-13-20(23(30)31-3)21(16-6-10-18(11-7-16)32-14(2)28)27-22(29)19(33-24(27)26-13)12-15-4-8-17(25)9-5-15/h4-12,21H,1-3H3/b19-12+. The van der Waals surface area contributed by atoms with E-state index in [4.69, 9.17) is 9.47 Å². The van der Waals surface area contributed by atoms with E-state index in [0.29, 0.717) is 31.9 Å². The first-order chi connectivity index (χ1) is 15.8. The monoisotopic (exact) mass is 466 g/mol. The lowest BCUT2D eigenvalue weighted by Crippen LogP contribution is -2.39. The zero-order valence-electron chi connectivity index (χ0n) is 18.0. The Labute approximate surface area is 191 Å². The van der Waals surface area contributed by atoms with Gasteiger partial charge in [-0.15, -0.1) is 0 Å². The maximum atomic E-state index is 13.4. The average Bonchev–Trinajstić information content (AvgIpc) is 3.08. The van der Waals surface area contributed by atoms with E-state index in [-0.39, 0.29) is 16.9 Å². The van der Waals surface area contributed by atoms with Gasteiger partial charge < -0.3 is 9.47 Å². The Balaban J connectivity index is 1.90. The number of carbonyl (C=O) groups is 2. The highest BCUT2D eigenvalue weighted by molar-refractivity contribution is 7.07. The van der Waals surface area contributed by atoms with Crippen LogP contribution in [0.1, 0.15) is 31.0 Å². The van der Waals surface area contributed by atoms with E-state index < -0.39 is 18.0 Å². The van der Waals surface area contributed by atoms with Crippen LogP contribution in [0, 0.1) is 5.82 Å². The molecule has 0 fully saturated rings. The number of carbonyl (C=O) groups excluding carboxylic acids is 2. The summed E-state index contributed by atoms with van der Waals surface area (Å²) in [7, 11) is 1.27. The molecule has 0 saturated heterocycles. The minimum Gasteiger partial charge on any atom is -0.466 e. The molecule has 1 aliphatic rings. The Bertz CT molecular complexity index is 1450. The van der Waals surface area contributed by atoms with E-state index in [0.717, 1.165) is 0 Å². The third-order valence-electron chi connectivity index (χ3n) is 5.05. The lowest BCUT2D eigenvalue weighted by atomic mass is 9.96. The van der Waals surface area contributed by atoms with Crippen molar-refractivity contribution >= 4 is 29.4 Å². The number of aromatic nitrogens is 1. The molecule has 0 spiro atoms. The Hall–Kier alpha value is -3.85. The van der Waals surface area contributed by atoms with Gasteiger partial charge >= 0.3 is 11.9 Å².